The summed E-state index contributed by atoms with van der Waals surface area (Å²) in [6.45, 7) is 14.3. The molecule has 0 spiro atoms. The highest BCUT2D eigenvalue weighted by Crippen LogP contribution is 2.76. The van der Waals surface area contributed by atoms with E-state index in [9.17, 15) is 60.0 Å². The molecule has 5 aliphatic carbocycles. The van der Waals surface area contributed by atoms with Crippen LogP contribution >= 0.6 is 0 Å². The number of carbonyl (C=O) groups excluding carboxylic acids is 3. The highest BCUT2D eigenvalue weighted by Gasteiger charge is 2.70. The van der Waals surface area contributed by atoms with E-state index in [1.165, 1.54) is 5.57 Å². The van der Waals surface area contributed by atoms with Gasteiger partial charge in [0.1, 0.15) is 49.3 Å². The van der Waals surface area contributed by atoms with Gasteiger partial charge in [0.25, 0.3) is 0 Å². The summed E-state index contributed by atoms with van der Waals surface area (Å²) in [5.41, 5.74) is -1.09. The van der Waals surface area contributed by atoms with E-state index in [0.29, 0.717) is 32.1 Å². The molecule has 4 saturated carbocycles. The first-order valence-corrected chi connectivity index (χ1v) is 24.4. The molecule has 2 aliphatic heterocycles. The number of hydrogen-bond donors (Lipinski definition) is 8. The Morgan fingerprint density at radius 2 is 1.46 bits per heavy atom. The van der Waals surface area contributed by atoms with Gasteiger partial charge >= 0.3 is 23.9 Å². The van der Waals surface area contributed by atoms with Crippen molar-refractivity contribution >= 4 is 23.9 Å². The molecule has 7 aliphatic rings. The summed E-state index contributed by atoms with van der Waals surface area (Å²) in [6.07, 6.45) is -12.7. The molecule has 20 atom stereocenters. The second-order valence-corrected chi connectivity index (χ2v) is 23.0. The molecule has 20 heteroatoms. The van der Waals surface area contributed by atoms with E-state index >= 15 is 0 Å². The van der Waals surface area contributed by atoms with E-state index in [1.54, 1.807) is 0 Å². The number of ether oxygens (including phenoxy) is 8. The number of hydrogen-bond acceptors (Lipinski definition) is 19. The van der Waals surface area contributed by atoms with Crippen molar-refractivity contribution in [3.8, 4) is 0 Å². The van der Waals surface area contributed by atoms with Gasteiger partial charge in [0.05, 0.1) is 32.3 Å². The lowest BCUT2D eigenvalue weighted by Gasteiger charge is -2.71. The van der Waals surface area contributed by atoms with Crippen molar-refractivity contribution in [2.75, 3.05) is 27.4 Å². The van der Waals surface area contributed by atoms with Crippen molar-refractivity contribution in [2.24, 2.45) is 50.2 Å². The van der Waals surface area contributed by atoms with E-state index < -0.39 is 128 Å². The minimum atomic E-state index is -2.18. The van der Waals surface area contributed by atoms with Crippen molar-refractivity contribution < 1.29 is 97.9 Å². The van der Waals surface area contributed by atoms with Gasteiger partial charge in [0.2, 0.25) is 12.4 Å². The van der Waals surface area contributed by atoms with Gasteiger partial charge in [-0.3, -0.25) is 4.79 Å². The van der Waals surface area contributed by atoms with Gasteiger partial charge in [-0.2, -0.15) is 0 Å². The third-order valence-electron chi connectivity index (χ3n) is 18.7. The van der Waals surface area contributed by atoms with Crippen LogP contribution in [0.4, 0.5) is 0 Å². The van der Waals surface area contributed by atoms with Crippen LogP contribution in [0.1, 0.15) is 113 Å². The Balaban J connectivity index is 1.13. The fourth-order valence-corrected chi connectivity index (χ4v) is 14.5. The van der Waals surface area contributed by atoms with Gasteiger partial charge in [-0.15, -0.1) is 0 Å². The second-order valence-electron chi connectivity index (χ2n) is 23.0. The zero-order chi connectivity index (χ0) is 51.0. The minimum absolute atomic E-state index is 0.0742. The molecule has 2 saturated heterocycles. The zero-order valence-corrected chi connectivity index (χ0v) is 41.3. The number of allylic oxidation sites excluding steroid dienone is 2. The van der Waals surface area contributed by atoms with Crippen LogP contribution in [0.3, 0.4) is 0 Å². The first-order chi connectivity index (χ1) is 32.2. The topological polar surface area (TPSA) is 304 Å². The number of carboxylic acid groups (broad SMARTS) is 1. The SMILES string of the molecule is COC(=O)CO[C@@H](O[C@@H]1[C@@H](O)[C@H](O[C@H]2CC[C@]3(C)[C@H]4CC=C5[C@@H]6CC(C)(C)CC[C@]6(C(=O)O[C@@H]6O[C@H](CO)[C@@H](O)[C@H](O)[C@H]6O)CC[C@@]5(C)[C@]4(C)CC[C@H]3C2(C)C)O[C@H](C(=O)O)[C@H]1O)[C@@H](O)C(=O)OC. The number of esters is 3. The van der Waals surface area contributed by atoms with Crippen molar-refractivity contribution in [2.45, 2.75) is 193 Å². The number of aliphatic carboxylic acids is 1. The third-order valence-corrected chi connectivity index (χ3v) is 18.7. The molecule has 0 unspecified atom stereocenters. The Morgan fingerprint density at radius 3 is 2.10 bits per heavy atom. The van der Waals surface area contributed by atoms with Gasteiger partial charge in [-0.1, -0.05) is 60.1 Å². The molecule has 0 amide bonds. The van der Waals surface area contributed by atoms with Gasteiger partial charge in [-0.25, -0.2) is 14.4 Å². The fourth-order valence-electron chi connectivity index (χ4n) is 14.5. The fraction of sp³-hybridized carbons (Fsp3) is 0.878. The third kappa shape index (κ3) is 9.08. The molecule has 7 rings (SSSR count). The second kappa shape index (κ2) is 19.5. The molecule has 8 N–H and O–H groups in total. The maximum atomic E-state index is 14.7. The molecular weight excluding hydrogens is 909 g/mol. The quantitative estimate of drug-likeness (QED) is 0.0426. The summed E-state index contributed by atoms with van der Waals surface area (Å²) in [5, 5.41) is 85.2. The number of aliphatic hydroxyl groups is 7. The van der Waals surface area contributed by atoms with E-state index in [0.717, 1.165) is 46.3 Å². The maximum Gasteiger partial charge on any atom is 0.340 e. The molecule has 20 nitrogen and oxygen atoms in total. The molecule has 2 heterocycles. The number of aliphatic hydroxyl groups excluding tert-OH is 7. The van der Waals surface area contributed by atoms with Gasteiger partial charge < -0.3 is 78.7 Å². The van der Waals surface area contributed by atoms with Crippen molar-refractivity contribution in [3.05, 3.63) is 11.6 Å². The number of fused-ring (bicyclic) bond motifs is 7. The lowest BCUT2D eigenvalue weighted by molar-refractivity contribution is -0.345. The molecular formula is C49H76O20. The minimum Gasteiger partial charge on any atom is -0.479 e. The first-order valence-electron chi connectivity index (χ1n) is 24.4. The normalized spacial score (nSPS) is 45.4. The predicted octanol–water partition coefficient (Wildman–Crippen LogP) is 1.48. The Kier molecular flexibility index (Phi) is 15.3. The standard InChI is InChI=1S/C49H76O20/c1-44(2)16-18-49(43(61)69-41-32(54)31(53)30(52)25(21-50)65-41)19-17-47(6)23(24(49)20-44)10-11-27-46(5)14-13-28(45(3,4)26(46)12-15-48(27,47)7)66-42-34(56)36(33(55)37(68-42)38(58)59)67-40(35(57)39(60)63-9)64-22-29(51)62-8/h10,24-28,30-37,40-42,50,52-57H,11-22H2,1-9H3,(H,58,59)/t24-,25+,26-,27+,28-,30+,31-,32+,33-,34+,35-,36-,37-,40-,41-,42+,46-,47+,48+,49-/m0/s1. The summed E-state index contributed by atoms with van der Waals surface area (Å²) in [7, 11) is 2.06. The van der Waals surface area contributed by atoms with Gasteiger partial charge in [-0.05, 0) is 109 Å². The van der Waals surface area contributed by atoms with Crippen LogP contribution < -0.4 is 0 Å². The van der Waals surface area contributed by atoms with Gasteiger partial charge in [0.15, 0.2) is 18.7 Å². The highest BCUT2D eigenvalue weighted by atomic mass is 16.7. The average Bonchev–Trinajstić information content (AvgIpc) is 3.29. The summed E-state index contributed by atoms with van der Waals surface area (Å²) < 4.78 is 44.1. The zero-order valence-electron chi connectivity index (χ0n) is 41.3. The number of rotatable bonds is 13. The lowest BCUT2D eigenvalue weighted by Crippen LogP contribution is -2.66. The number of carbonyl (C=O) groups is 4. The largest absolute Gasteiger partial charge is 0.479 e. The highest BCUT2D eigenvalue weighted by molar-refractivity contribution is 5.79. The van der Waals surface area contributed by atoms with E-state index in [1.807, 2.05) is 0 Å². The molecule has 0 aromatic heterocycles. The van der Waals surface area contributed by atoms with Crippen LogP contribution in [0.5, 0.6) is 0 Å². The predicted molar refractivity (Wildman–Crippen MR) is 237 cm³/mol. The molecule has 0 aromatic rings. The summed E-state index contributed by atoms with van der Waals surface area (Å²) >= 11 is 0. The van der Waals surface area contributed by atoms with Crippen molar-refractivity contribution in [3.63, 3.8) is 0 Å². The Bertz CT molecular complexity index is 1960. The van der Waals surface area contributed by atoms with Crippen molar-refractivity contribution in [1.82, 2.24) is 0 Å². The van der Waals surface area contributed by atoms with Crippen LogP contribution in [0.15, 0.2) is 11.6 Å². The van der Waals surface area contributed by atoms with Crippen LogP contribution in [0.25, 0.3) is 0 Å². The average molecular weight is 985 g/mol. The van der Waals surface area contributed by atoms with Crippen LogP contribution in [-0.4, -0.2) is 172 Å². The Hall–Kier alpha value is -2.86. The van der Waals surface area contributed by atoms with Crippen LogP contribution in [-0.2, 0) is 57.1 Å². The number of methoxy groups -OCH3 is 2. The molecule has 0 aromatic carbocycles. The van der Waals surface area contributed by atoms with E-state index in [-0.39, 0.29) is 39.4 Å². The Morgan fingerprint density at radius 1 is 0.783 bits per heavy atom. The lowest BCUT2D eigenvalue weighted by atomic mass is 9.33. The van der Waals surface area contributed by atoms with Gasteiger partial charge in [0, 0.05) is 0 Å². The molecule has 69 heavy (non-hydrogen) atoms. The monoisotopic (exact) mass is 984 g/mol. The van der Waals surface area contributed by atoms with Crippen LogP contribution in [0, 0.1) is 50.2 Å². The van der Waals surface area contributed by atoms with E-state index in [4.69, 9.17) is 28.4 Å². The smallest absolute Gasteiger partial charge is 0.340 e. The molecule has 6 fully saturated rings. The maximum absolute atomic E-state index is 14.7. The molecule has 0 radical (unpaired) electrons. The first kappa shape index (κ1) is 53.9. The molecule has 0 bridgehead atoms. The summed E-state index contributed by atoms with van der Waals surface area (Å²) in [4.78, 5) is 51.4. The van der Waals surface area contributed by atoms with E-state index in [2.05, 4.69) is 64.0 Å². The molecule has 392 valence electrons. The van der Waals surface area contributed by atoms with Crippen LogP contribution in [0.2, 0.25) is 0 Å². The number of carboxylic acids is 1. The summed E-state index contributed by atoms with van der Waals surface area (Å²) in [6, 6.07) is 0. The Labute approximate surface area is 402 Å². The van der Waals surface area contributed by atoms with Crippen molar-refractivity contribution in [1.29, 1.82) is 0 Å². The summed E-state index contributed by atoms with van der Waals surface area (Å²) in [5.74, 6) is -4.16.